The second-order valence-electron chi connectivity index (χ2n) is 10.4. The number of anilines is 2. The molecule has 1 aliphatic rings. The largest absolute Gasteiger partial charge is 0.419 e. The summed E-state index contributed by atoms with van der Waals surface area (Å²) in [6, 6.07) is 6.56. The summed E-state index contributed by atoms with van der Waals surface area (Å²) in [5.41, 5.74) is 2.05. The van der Waals surface area contributed by atoms with E-state index in [1.807, 2.05) is 32.8 Å². The van der Waals surface area contributed by atoms with Crippen molar-refractivity contribution < 1.29 is 22.4 Å². The van der Waals surface area contributed by atoms with Crippen molar-refractivity contribution in [2.45, 2.75) is 32.5 Å². The molecule has 3 heterocycles. The number of benzene rings is 2. The molecule has 41 heavy (non-hydrogen) atoms. The second-order valence-corrected chi connectivity index (χ2v) is 10.4. The summed E-state index contributed by atoms with van der Waals surface area (Å²) in [5.74, 6) is -2.01. The molecule has 1 atom stereocenters. The number of nitrogens with one attached hydrogen (secondary N) is 1. The summed E-state index contributed by atoms with van der Waals surface area (Å²) in [5, 5.41) is 15.2. The third kappa shape index (κ3) is 5.53. The Balaban J connectivity index is 1.45. The fourth-order valence-electron chi connectivity index (χ4n) is 5.02. The molecule has 9 nitrogen and oxygen atoms in total. The minimum absolute atomic E-state index is 0.158. The van der Waals surface area contributed by atoms with Gasteiger partial charge >= 0.3 is 6.18 Å². The highest BCUT2D eigenvalue weighted by Gasteiger charge is 2.37. The molecule has 1 aliphatic heterocycles. The molecule has 2 aromatic heterocycles. The van der Waals surface area contributed by atoms with Gasteiger partial charge in [-0.05, 0) is 63.7 Å². The van der Waals surface area contributed by atoms with Gasteiger partial charge in [0.1, 0.15) is 5.69 Å². The predicted octanol–water partition coefficient (Wildman–Crippen LogP) is 4.84. The van der Waals surface area contributed by atoms with Crippen LogP contribution in [0, 0.1) is 19.7 Å². The lowest BCUT2D eigenvalue weighted by Crippen LogP contribution is -2.34. The number of carbonyl (C=O) groups excluding carboxylic acids is 1. The van der Waals surface area contributed by atoms with E-state index < -0.39 is 23.5 Å². The quantitative estimate of drug-likeness (QED) is 0.334. The van der Waals surface area contributed by atoms with Crippen LogP contribution in [0.3, 0.4) is 0 Å². The molecular weight excluding hydrogens is 540 g/mol. The van der Waals surface area contributed by atoms with Gasteiger partial charge in [0.15, 0.2) is 5.82 Å². The number of hydrogen-bond donors (Lipinski definition) is 1. The van der Waals surface area contributed by atoms with Gasteiger partial charge in [-0.3, -0.25) is 9.48 Å². The van der Waals surface area contributed by atoms with E-state index in [1.165, 1.54) is 15.6 Å². The lowest BCUT2D eigenvalue weighted by molar-refractivity contribution is -0.139. The van der Waals surface area contributed by atoms with E-state index in [0.717, 1.165) is 23.4 Å². The molecular formula is C28H30F4N8O. The van der Waals surface area contributed by atoms with E-state index in [2.05, 4.69) is 20.7 Å². The summed E-state index contributed by atoms with van der Waals surface area (Å²) in [4.78, 5) is 16.8. The Morgan fingerprint density at radius 2 is 1.90 bits per heavy atom. The zero-order valence-electron chi connectivity index (χ0n) is 23.3. The molecule has 1 unspecified atom stereocenters. The third-order valence-electron chi connectivity index (χ3n) is 7.63. The first-order valence-electron chi connectivity index (χ1n) is 13.0. The molecule has 2 aromatic carbocycles. The van der Waals surface area contributed by atoms with Crippen LogP contribution in [0.5, 0.6) is 0 Å². The smallest absolute Gasteiger partial charge is 0.368 e. The first-order chi connectivity index (χ1) is 19.3. The number of halogens is 4. The summed E-state index contributed by atoms with van der Waals surface area (Å²) >= 11 is 0. The Labute approximate surface area is 234 Å². The summed E-state index contributed by atoms with van der Waals surface area (Å²) < 4.78 is 59.8. The maximum absolute atomic E-state index is 15.1. The van der Waals surface area contributed by atoms with Crippen LogP contribution >= 0.6 is 0 Å². The number of hydrogen-bond acceptors (Lipinski definition) is 6. The van der Waals surface area contributed by atoms with Crippen LogP contribution in [0.1, 0.15) is 33.6 Å². The number of amides is 1. The normalized spacial score (nSPS) is 15.9. The van der Waals surface area contributed by atoms with Crippen molar-refractivity contribution in [2.24, 2.45) is 7.05 Å². The van der Waals surface area contributed by atoms with Gasteiger partial charge in [0.2, 0.25) is 0 Å². The van der Waals surface area contributed by atoms with Crippen LogP contribution in [-0.2, 0) is 13.2 Å². The Morgan fingerprint density at radius 3 is 2.54 bits per heavy atom. The number of likely N-dealkylation sites (tertiary alicyclic amines) is 1. The molecule has 0 bridgehead atoms. The van der Waals surface area contributed by atoms with Crippen LogP contribution in [0.4, 0.5) is 28.9 Å². The van der Waals surface area contributed by atoms with Crippen molar-refractivity contribution in [2.75, 3.05) is 37.4 Å². The first kappa shape index (κ1) is 28.3. The second kappa shape index (κ2) is 10.6. The molecule has 1 fully saturated rings. The Morgan fingerprint density at radius 1 is 1.15 bits per heavy atom. The van der Waals surface area contributed by atoms with Crippen molar-refractivity contribution >= 4 is 17.3 Å². The van der Waals surface area contributed by atoms with Crippen molar-refractivity contribution in [1.29, 1.82) is 0 Å². The first-order valence-corrected chi connectivity index (χ1v) is 13.0. The Kier molecular flexibility index (Phi) is 7.32. The fraction of sp³-hybridized carbons (Fsp3) is 0.357. The minimum atomic E-state index is -4.94. The van der Waals surface area contributed by atoms with Crippen molar-refractivity contribution in [1.82, 2.24) is 29.7 Å². The molecule has 5 rings (SSSR count). The molecule has 0 radical (unpaired) electrons. The summed E-state index contributed by atoms with van der Waals surface area (Å²) in [6.07, 6.45) is -0.858. The van der Waals surface area contributed by atoms with E-state index in [0.29, 0.717) is 30.4 Å². The zero-order valence-corrected chi connectivity index (χ0v) is 23.3. The highest BCUT2D eigenvalue weighted by Crippen LogP contribution is 2.38. The van der Waals surface area contributed by atoms with Gasteiger partial charge in [-0.1, -0.05) is 11.3 Å². The number of carbonyl (C=O) groups is 1. The molecule has 0 spiro atoms. The van der Waals surface area contributed by atoms with Gasteiger partial charge in [0.05, 0.1) is 29.3 Å². The van der Waals surface area contributed by atoms with Gasteiger partial charge in [0.25, 0.3) is 5.91 Å². The summed E-state index contributed by atoms with van der Waals surface area (Å²) in [7, 11) is 5.29. The van der Waals surface area contributed by atoms with Gasteiger partial charge in [-0.25, -0.2) is 9.07 Å². The van der Waals surface area contributed by atoms with E-state index in [1.54, 1.807) is 42.3 Å². The van der Waals surface area contributed by atoms with Crippen molar-refractivity contribution in [3.8, 4) is 16.9 Å². The Hall–Kier alpha value is -4.26. The number of aryl methyl sites for hydroxylation is 2. The molecule has 4 aromatic rings. The maximum Gasteiger partial charge on any atom is 0.419 e. The molecule has 13 heteroatoms. The average molecular weight is 571 g/mol. The standard InChI is InChI=1S/C28H30F4N8O/c1-16-6-7-18(10-24(16)40-15-23(35-36-40)21-13-33-39(5)17(21)2)27(41)34-19-11-22(28(30,31)32)26(29)25(12-19)38(4)20-8-9-37(3)14-20/h6-7,10-13,15,20H,8-9,14H2,1-5H3,(H,34,41). The molecule has 0 saturated carbocycles. The molecule has 1 N–H and O–H groups in total. The van der Waals surface area contributed by atoms with Crippen LogP contribution in [0.15, 0.2) is 42.7 Å². The average Bonchev–Trinajstić information content (AvgIpc) is 3.65. The monoisotopic (exact) mass is 570 g/mol. The zero-order chi connectivity index (χ0) is 29.6. The van der Waals surface area contributed by atoms with Gasteiger partial charge in [-0.2, -0.15) is 18.3 Å². The highest BCUT2D eigenvalue weighted by molar-refractivity contribution is 6.05. The SMILES string of the molecule is Cc1ccc(C(=O)Nc2cc(N(C)C3CCN(C)C3)c(F)c(C(F)(F)F)c2)cc1-n1cc(-c2cnn(C)c2C)nn1. The van der Waals surface area contributed by atoms with E-state index >= 15 is 4.39 Å². The number of likely N-dealkylation sites (N-methyl/N-ethyl adjacent to an activating group) is 2. The maximum atomic E-state index is 15.1. The lowest BCUT2D eigenvalue weighted by atomic mass is 10.1. The Bertz CT molecular complexity index is 1610. The van der Waals surface area contributed by atoms with Gasteiger partial charge in [0, 0.05) is 49.2 Å². The highest BCUT2D eigenvalue weighted by atomic mass is 19.4. The molecule has 1 amide bonds. The van der Waals surface area contributed by atoms with Crippen molar-refractivity contribution in [3.05, 3.63) is 70.9 Å². The molecule has 1 saturated heterocycles. The van der Waals surface area contributed by atoms with Gasteiger partial charge in [-0.15, -0.1) is 5.10 Å². The predicted molar refractivity (Wildman–Crippen MR) is 147 cm³/mol. The van der Waals surface area contributed by atoms with E-state index in [-0.39, 0.29) is 23.0 Å². The van der Waals surface area contributed by atoms with Crippen LogP contribution < -0.4 is 10.2 Å². The van der Waals surface area contributed by atoms with E-state index in [4.69, 9.17) is 0 Å². The number of nitrogens with zero attached hydrogens (tertiary/aromatic N) is 7. The number of aromatic nitrogens is 5. The minimum Gasteiger partial charge on any atom is -0.368 e. The topological polar surface area (TPSA) is 84.1 Å². The molecule has 0 aliphatic carbocycles. The van der Waals surface area contributed by atoms with Crippen LogP contribution in [0.25, 0.3) is 16.9 Å². The lowest BCUT2D eigenvalue weighted by Gasteiger charge is -2.28. The molecule has 216 valence electrons. The van der Waals surface area contributed by atoms with Crippen LogP contribution in [-0.4, -0.2) is 68.8 Å². The number of rotatable bonds is 6. The summed E-state index contributed by atoms with van der Waals surface area (Å²) in [6.45, 7) is 5.09. The third-order valence-corrected chi connectivity index (χ3v) is 7.63. The van der Waals surface area contributed by atoms with E-state index in [9.17, 15) is 18.0 Å². The fourth-order valence-corrected chi connectivity index (χ4v) is 5.02. The van der Waals surface area contributed by atoms with Crippen LogP contribution in [0.2, 0.25) is 0 Å². The van der Waals surface area contributed by atoms with Gasteiger partial charge < -0.3 is 15.1 Å². The van der Waals surface area contributed by atoms with Crippen molar-refractivity contribution in [3.63, 3.8) is 0 Å². The number of alkyl halides is 3.